The first kappa shape index (κ1) is 16.2. The highest BCUT2D eigenvalue weighted by molar-refractivity contribution is 5.92. The van der Waals surface area contributed by atoms with Gasteiger partial charge in [-0.25, -0.2) is 0 Å². The van der Waals surface area contributed by atoms with Gasteiger partial charge < -0.3 is 10.6 Å². The highest BCUT2D eigenvalue weighted by Gasteiger charge is 2.12. The Labute approximate surface area is 120 Å². The van der Waals surface area contributed by atoms with Gasteiger partial charge in [0, 0.05) is 12.2 Å². The normalized spacial score (nSPS) is 11.8. The largest absolute Gasteiger partial charge is 0.355 e. The zero-order valence-corrected chi connectivity index (χ0v) is 12.3. The standard InChI is InChI=1S/C15H23N3O2/c1-4-9-16-15(20)12(3)17-10-14(19)18-13-7-5-11(2)6-8-13/h5-8,12,17H,4,9-10H2,1-3H3,(H,16,20)(H,18,19). The average Bonchev–Trinajstić information content (AvgIpc) is 2.44. The van der Waals surface area contributed by atoms with E-state index < -0.39 is 0 Å². The maximum Gasteiger partial charge on any atom is 0.238 e. The van der Waals surface area contributed by atoms with Crippen LogP contribution in [-0.4, -0.2) is 30.9 Å². The molecule has 20 heavy (non-hydrogen) atoms. The Morgan fingerprint density at radius 3 is 2.45 bits per heavy atom. The summed E-state index contributed by atoms with van der Waals surface area (Å²) < 4.78 is 0. The van der Waals surface area contributed by atoms with Crippen LogP contribution in [0.4, 0.5) is 5.69 Å². The minimum absolute atomic E-state index is 0.0880. The van der Waals surface area contributed by atoms with Crippen molar-refractivity contribution in [3.05, 3.63) is 29.8 Å². The second kappa shape index (κ2) is 8.32. The van der Waals surface area contributed by atoms with Crippen LogP contribution in [0.25, 0.3) is 0 Å². The Kier molecular flexibility index (Phi) is 6.73. The number of rotatable bonds is 7. The van der Waals surface area contributed by atoms with Gasteiger partial charge in [0.15, 0.2) is 0 Å². The Morgan fingerprint density at radius 1 is 1.20 bits per heavy atom. The minimum atomic E-state index is -0.384. The van der Waals surface area contributed by atoms with Gasteiger partial charge in [-0.1, -0.05) is 24.6 Å². The SMILES string of the molecule is CCCNC(=O)C(C)NCC(=O)Nc1ccc(C)cc1. The number of amides is 2. The molecule has 1 atom stereocenters. The van der Waals surface area contributed by atoms with Crippen LogP contribution in [0.5, 0.6) is 0 Å². The third-order valence-corrected chi connectivity index (χ3v) is 2.85. The summed E-state index contributed by atoms with van der Waals surface area (Å²) in [6, 6.07) is 7.19. The molecule has 1 unspecified atom stereocenters. The van der Waals surface area contributed by atoms with Crippen LogP contribution < -0.4 is 16.0 Å². The summed E-state index contributed by atoms with van der Waals surface area (Å²) >= 11 is 0. The highest BCUT2D eigenvalue weighted by Crippen LogP contribution is 2.07. The van der Waals surface area contributed by atoms with Crippen molar-refractivity contribution in [3.63, 3.8) is 0 Å². The van der Waals surface area contributed by atoms with Gasteiger partial charge in [-0.2, -0.15) is 0 Å². The molecule has 0 aromatic heterocycles. The number of hydrogen-bond acceptors (Lipinski definition) is 3. The van der Waals surface area contributed by atoms with E-state index in [1.54, 1.807) is 6.92 Å². The van der Waals surface area contributed by atoms with Gasteiger partial charge >= 0.3 is 0 Å². The van der Waals surface area contributed by atoms with E-state index in [0.29, 0.717) is 6.54 Å². The molecule has 3 N–H and O–H groups in total. The van der Waals surface area contributed by atoms with E-state index in [4.69, 9.17) is 0 Å². The molecule has 0 aliphatic rings. The maximum absolute atomic E-state index is 11.7. The average molecular weight is 277 g/mol. The lowest BCUT2D eigenvalue weighted by Crippen LogP contribution is -2.45. The third kappa shape index (κ3) is 5.84. The van der Waals surface area contributed by atoms with E-state index in [2.05, 4.69) is 16.0 Å². The fourth-order valence-electron chi connectivity index (χ4n) is 1.58. The van der Waals surface area contributed by atoms with Gasteiger partial charge in [0.1, 0.15) is 0 Å². The minimum Gasteiger partial charge on any atom is -0.355 e. The van der Waals surface area contributed by atoms with E-state index in [1.807, 2.05) is 38.1 Å². The zero-order valence-electron chi connectivity index (χ0n) is 12.3. The summed E-state index contributed by atoms with van der Waals surface area (Å²) in [5.74, 6) is -0.251. The highest BCUT2D eigenvalue weighted by atomic mass is 16.2. The van der Waals surface area contributed by atoms with Gasteiger partial charge in [0.25, 0.3) is 0 Å². The molecule has 1 aromatic carbocycles. The number of carbonyl (C=O) groups excluding carboxylic acids is 2. The molecule has 0 aliphatic carbocycles. The van der Waals surface area contributed by atoms with Crippen LogP contribution in [0, 0.1) is 6.92 Å². The molecule has 0 spiro atoms. The second-order valence-electron chi connectivity index (χ2n) is 4.81. The summed E-state index contributed by atoms with van der Waals surface area (Å²) in [7, 11) is 0. The van der Waals surface area contributed by atoms with Crippen molar-refractivity contribution in [2.24, 2.45) is 0 Å². The first-order chi connectivity index (χ1) is 9.52. The van der Waals surface area contributed by atoms with Crippen molar-refractivity contribution >= 4 is 17.5 Å². The maximum atomic E-state index is 11.7. The predicted molar refractivity (Wildman–Crippen MR) is 80.6 cm³/mol. The van der Waals surface area contributed by atoms with E-state index >= 15 is 0 Å². The molecule has 0 radical (unpaired) electrons. The molecule has 1 rings (SSSR count). The zero-order chi connectivity index (χ0) is 15.0. The summed E-state index contributed by atoms with van der Waals surface area (Å²) in [4.78, 5) is 23.3. The monoisotopic (exact) mass is 277 g/mol. The first-order valence-corrected chi connectivity index (χ1v) is 6.90. The van der Waals surface area contributed by atoms with Crippen LogP contribution in [0.2, 0.25) is 0 Å². The fourth-order valence-corrected chi connectivity index (χ4v) is 1.58. The molecule has 0 bridgehead atoms. The number of aryl methyl sites for hydroxylation is 1. The van der Waals surface area contributed by atoms with E-state index in [9.17, 15) is 9.59 Å². The van der Waals surface area contributed by atoms with Crippen LogP contribution in [0.15, 0.2) is 24.3 Å². The van der Waals surface area contributed by atoms with Crippen LogP contribution in [-0.2, 0) is 9.59 Å². The lowest BCUT2D eigenvalue weighted by atomic mass is 10.2. The molecule has 0 heterocycles. The number of benzene rings is 1. The summed E-state index contributed by atoms with van der Waals surface area (Å²) in [6.45, 7) is 6.48. The molecule has 2 amide bonds. The van der Waals surface area contributed by atoms with Gasteiger partial charge in [-0.05, 0) is 32.4 Å². The Balaban J connectivity index is 2.32. The van der Waals surface area contributed by atoms with Crippen molar-refractivity contribution in [3.8, 4) is 0 Å². The van der Waals surface area contributed by atoms with Crippen molar-refractivity contribution < 1.29 is 9.59 Å². The van der Waals surface area contributed by atoms with Gasteiger partial charge in [-0.3, -0.25) is 14.9 Å². The van der Waals surface area contributed by atoms with E-state index in [0.717, 1.165) is 17.7 Å². The number of hydrogen-bond donors (Lipinski definition) is 3. The van der Waals surface area contributed by atoms with Crippen molar-refractivity contribution in [1.82, 2.24) is 10.6 Å². The smallest absolute Gasteiger partial charge is 0.238 e. The Morgan fingerprint density at radius 2 is 1.85 bits per heavy atom. The molecule has 0 aliphatic heterocycles. The molecule has 0 fully saturated rings. The van der Waals surface area contributed by atoms with Crippen molar-refractivity contribution in [1.29, 1.82) is 0 Å². The lowest BCUT2D eigenvalue weighted by molar-refractivity contribution is -0.123. The number of nitrogens with one attached hydrogen (secondary N) is 3. The number of anilines is 1. The van der Waals surface area contributed by atoms with Crippen LogP contribution in [0.3, 0.4) is 0 Å². The summed E-state index contributed by atoms with van der Waals surface area (Å²) in [5.41, 5.74) is 1.90. The molecular formula is C15H23N3O2. The van der Waals surface area contributed by atoms with E-state index in [1.165, 1.54) is 0 Å². The van der Waals surface area contributed by atoms with Crippen LogP contribution in [0.1, 0.15) is 25.8 Å². The lowest BCUT2D eigenvalue weighted by Gasteiger charge is -2.13. The van der Waals surface area contributed by atoms with E-state index in [-0.39, 0.29) is 24.4 Å². The summed E-state index contributed by atoms with van der Waals surface area (Å²) in [6.07, 6.45) is 0.895. The quantitative estimate of drug-likeness (QED) is 0.706. The second-order valence-corrected chi connectivity index (χ2v) is 4.81. The van der Waals surface area contributed by atoms with Crippen LogP contribution >= 0.6 is 0 Å². The molecular weight excluding hydrogens is 254 g/mol. The van der Waals surface area contributed by atoms with Gasteiger partial charge in [0.2, 0.25) is 11.8 Å². The van der Waals surface area contributed by atoms with Crippen molar-refractivity contribution in [2.75, 3.05) is 18.4 Å². The van der Waals surface area contributed by atoms with Gasteiger partial charge in [0.05, 0.1) is 12.6 Å². The Bertz CT molecular complexity index is 443. The topological polar surface area (TPSA) is 70.2 Å². The molecule has 110 valence electrons. The molecule has 0 saturated heterocycles. The predicted octanol–water partition coefficient (Wildman–Crippen LogP) is 1.44. The Hall–Kier alpha value is -1.88. The molecule has 5 heteroatoms. The molecule has 5 nitrogen and oxygen atoms in total. The first-order valence-electron chi connectivity index (χ1n) is 6.90. The fraction of sp³-hybridized carbons (Fsp3) is 0.467. The van der Waals surface area contributed by atoms with Crippen molar-refractivity contribution in [2.45, 2.75) is 33.2 Å². The molecule has 1 aromatic rings. The van der Waals surface area contributed by atoms with Gasteiger partial charge in [-0.15, -0.1) is 0 Å². The number of carbonyl (C=O) groups is 2. The summed E-state index contributed by atoms with van der Waals surface area (Å²) in [5, 5.41) is 8.45. The molecule has 0 saturated carbocycles. The third-order valence-electron chi connectivity index (χ3n) is 2.85.